The minimum Gasteiger partial charge on any atom is -0.491 e. The SMILES string of the molecule is CCNC(=NCc1ccc(C)cc1OCCOC)NCCC1=CCCC1. The summed E-state index contributed by atoms with van der Waals surface area (Å²) in [6.07, 6.45) is 7.27. The van der Waals surface area contributed by atoms with Gasteiger partial charge in [0.25, 0.3) is 0 Å². The molecule has 1 aromatic rings. The molecule has 5 heteroatoms. The molecular weight excluding hydrogens is 326 g/mol. The van der Waals surface area contributed by atoms with Crippen LogP contribution in [0.25, 0.3) is 0 Å². The predicted octanol–water partition coefficient (Wildman–Crippen LogP) is 3.58. The van der Waals surface area contributed by atoms with Gasteiger partial charge in [-0.25, -0.2) is 4.99 Å². The second-order valence-corrected chi connectivity index (χ2v) is 6.58. The van der Waals surface area contributed by atoms with Gasteiger partial charge in [-0.2, -0.15) is 0 Å². The summed E-state index contributed by atoms with van der Waals surface area (Å²) >= 11 is 0. The molecule has 5 nitrogen and oxygen atoms in total. The lowest BCUT2D eigenvalue weighted by Crippen LogP contribution is -2.37. The Bertz CT molecular complexity index is 611. The lowest BCUT2D eigenvalue weighted by Gasteiger charge is -2.14. The molecule has 0 saturated carbocycles. The first kappa shape index (κ1) is 20.3. The zero-order valence-corrected chi connectivity index (χ0v) is 16.4. The largest absolute Gasteiger partial charge is 0.491 e. The molecule has 0 aromatic heterocycles. The van der Waals surface area contributed by atoms with Crippen molar-refractivity contribution in [3.05, 3.63) is 41.0 Å². The third-order valence-electron chi connectivity index (χ3n) is 4.39. The maximum absolute atomic E-state index is 5.86. The molecule has 2 N–H and O–H groups in total. The normalized spacial score (nSPS) is 14.3. The average molecular weight is 360 g/mol. The zero-order chi connectivity index (χ0) is 18.6. The molecule has 1 aliphatic rings. The van der Waals surface area contributed by atoms with Gasteiger partial charge in [0, 0.05) is 25.8 Å². The van der Waals surface area contributed by atoms with Gasteiger partial charge in [-0.15, -0.1) is 0 Å². The Morgan fingerprint density at radius 2 is 2.12 bits per heavy atom. The van der Waals surface area contributed by atoms with Gasteiger partial charge in [-0.05, 0) is 51.2 Å². The summed E-state index contributed by atoms with van der Waals surface area (Å²) in [7, 11) is 1.68. The van der Waals surface area contributed by atoms with E-state index in [2.05, 4.69) is 48.8 Å². The maximum atomic E-state index is 5.86. The maximum Gasteiger partial charge on any atom is 0.191 e. The van der Waals surface area contributed by atoms with Crippen molar-refractivity contribution in [2.75, 3.05) is 33.4 Å². The number of hydrogen-bond acceptors (Lipinski definition) is 3. The Labute approximate surface area is 157 Å². The van der Waals surface area contributed by atoms with E-state index in [4.69, 9.17) is 14.5 Å². The highest BCUT2D eigenvalue weighted by Gasteiger charge is 2.07. The topological polar surface area (TPSA) is 54.9 Å². The van der Waals surface area contributed by atoms with Crippen LogP contribution in [0.1, 0.15) is 43.7 Å². The first-order valence-corrected chi connectivity index (χ1v) is 9.64. The van der Waals surface area contributed by atoms with Crippen LogP contribution in [0.5, 0.6) is 5.75 Å². The van der Waals surface area contributed by atoms with Crippen molar-refractivity contribution < 1.29 is 9.47 Å². The number of aliphatic imine (C=N–C) groups is 1. The number of aryl methyl sites for hydroxylation is 1. The number of guanidine groups is 1. The van der Waals surface area contributed by atoms with E-state index in [0.29, 0.717) is 19.8 Å². The number of ether oxygens (including phenoxy) is 2. The Balaban J connectivity index is 1.94. The molecule has 0 bridgehead atoms. The number of nitrogens with zero attached hydrogens (tertiary/aromatic N) is 1. The summed E-state index contributed by atoms with van der Waals surface area (Å²) in [5.41, 5.74) is 3.84. The molecule has 0 radical (unpaired) electrons. The molecule has 0 amide bonds. The molecule has 0 unspecified atom stereocenters. The number of methoxy groups -OCH3 is 1. The summed E-state index contributed by atoms with van der Waals surface area (Å²) in [5, 5.41) is 6.76. The van der Waals surface area contributed by atoms with Gasteiger partial charge < -0.3 is 20.1 Å². The van der Waals surface area contributed by atoms with Crippen molar-refractivity contribution >= 4 is 5.96 Å². The van der Waals surface area contributed by atoms with E-state index >= 15 is 0 Å². The van der Waals surface area contributed by atoms with Crippen LogP contribution in [0.4, 0.5) is 0 Å². The van der Waals surface area contributed by atoms with Crippen molar-refractivity contribution in [1.82, 2.24) is 10.6 Å². The first-order valence-electron chi connectivity index (χ1n) is 9.64. The molecule has 144 valence electrons. The fourth-order valence-corrected chi connectivity index (χ4v) is 2.97. The number of benzene rings is 1. The van der Waals surface area contributed by atoms with Gasteiger partial charge in [0.1, 0.15) is 12.4 Å². The smallest absolute Gasteiger partial charge is 0.191 e. The molecule has 1 aliphatic carbocycles. The minimum atomic E-state index is 0.546. The molecule has 2 rings (SSSR count). The quantitative estimate of drug-likeness (QED) is 0.290. The van der Waals surface area contributed by atoms with Crippen LogP contribution in [-0.2, 0) is 11.3 Å². The number of nitrogens with one attached hydrogen (secondary N) is 2. The van der Waals surface area contributed by atoms with Gasteiger partial charge in [0.15, 0.2) is 5.96 Å². The van der Waals surface area contributed by atoms with E-state index < -0.39 is 0 Å². The average Bonchev–Trinajstić information content (AvgIpc) is 3.14. The van der Waals surface area contributed by atoms with Crippen molar-refractivity contribution in [1.29, 1.82) is 0 Å². The Hall–Kier alpha value is -2.01. The van der Waals surface area contributed by atoms with Crippen molar-refractivity contribution in [2.45, 2.75) is 46.1 Å². The van der Waals surface area contributed by atoms with E-state index in [-0.39, 0.29) is 0 Å². The number of rotatable bonds is 10. The summed E-state index contributed by atoms with van der Waals surface area (Å²) in [4.78, 5) is 4.73. The Kier molecular flexibility index (Phi) is 9.04. The highest BCUT2D eigenvalue weighted by molar-refractivity contribution is 5.79. The third kappa shape index (κ3) is 7.08. The third-order valence-corrected chi connectivity index (χ3v) is 4.39. The molecule has 0 spiro atoms. The minimum absolute atomic E-state index is 0.546. The van der Waals surface area contributed by atoms with Crippen LogP contribution in [-0.4, -0.2) is 39.4 Å². The van der Waals surface area contributed by atoms with E-state index in [9.17, 15) is 0 Å². The molecule has 0 heterocycles. The molecule has 26 heavy (non-hydrogen) atoms. The fourth-order valence-electron chi connectivity index (χ4n) is 2.97. The monoisotopic (exact) mass is 359 g/mol. The zero-order valence-electron chi connectivity index (χ0n) is 16.4. The van der Waals surface area contributed by atoms with Crippen LogP contribution in [0, 0.1) is 6.92 Å². The van der Waals surface area contributed by atoms with Gasteiger partial charge >= 0.3 is 0 Å². The van der Waals surface area contributed by atoms with Crippen molar-refractivity contribution in [3.63, 3.8) is 0 Å². The summed E-state index contributed by atoms with van der Waals surface area (Å²) in [6, 6.07) is 6.25. The van der Waals surface area contributed by atoms with Crippen LogP contribution < -0.4 is 15.4 Å². The standard InChI is InChI=1S/C21H33N3O2/c1-4-22-21(23-12-11-18-7-5-6-8-18)24-16-19-10-9-17(2)15-20(19)26-14-13-25-3/h7,9-10,15H,4-6,8,11-14,16H2,1-3H3,(H2,22,23,24). The molecular formula is C21H33N3O2. The van der Waals surface area contributed by atoms with Crippen LogP contribution >= 0.6 is 0 Å². The molecule has 0 fully saturated rings. The second kappa shape index (κ2) is 11.6. The molecule has 0 aliphatic heterocycles. The van der Waals surface area contributed by atoms with E-state index in [1.165, 1.54) is 24.8 Å². The predicted molar refractivity (Wildman–Crippen MR) is 108 cm³/mol. The lowest BCUT2D eigenvalue weighted by atomic mass is 10.1. The van der Waals surface area contributed by atoms with Gasteiger partial charge in [-0.3, -0.25) is 0 Å². The van der Waals surface area contributed by atoms with E-state index in [1.54, 1.807) is 12.7 Å². The number of hydrogen-bond donors (Lipinski definition) is 2. The summed E-state index contributed by atoms with van der Waals surface area (Å²) in [5.74, 6) is 1.74. The molecule has 1 aromatic carbocycles. The number of allylic oxidation sites excluding steroid dienone is 1. The Morgan fingerprint density at radius 3 is 2.85 bits per heavy atom. The Morgan fingerprint density at radius 1 is 1.23 bits per heavy atom. The van der Waals surface area contributed by atoms with Crippen LogP contribution in [0.3, 0.4) is 0 Å². The van der Waals surface area contributed by atoms with Crippen molar-refractivity contribution in [2.24, 2.45) is 4.99 Å². The first-order chi connectivity index (χ1) is 12.7. The van der Waals surface area contributed by atoms with Crippen LogP contribution in [0.2, 0.25) is 0 Å². The lowest BCUT2D eigenvalue weighted by molar-refractivity contribution is 0.145. The van der Waals surface area contributed by atoms with E-state index in [0.717, 1.165) is 36.8 Å². The van der Waals surface area contributed by atoms with Gasteiger partial charge in [-0.1, -0.05) is 23.8 Å². The fraction of sp³-hybridized carbons (Fsp3) is 0.571. The summed E-state index contributed by atoms with van der Waals surface area (Å²) in [6.45, 7) is 7.63. The second-order valence-electron chi connectivity index (χ2n) is 6.58. The molecule has 0 saturated heterocycles. The molecule has 0 atom stereocenters. The van der Waals surface area contributed by atoms with Gasteiger partial charge in [0.2, 0.25) is 0 Å². The highest BCUT2D eigenvalue weighted by atomic mass is 16.5. The van der Waals surface area contributed by atoms with Gasteiger partial charge in [0.05, 0.1) is 13.2 Å². The van der Waals surface area contributed by atoms with Crippen molar-refractivity contribution in [3.8, 4) is 5.75 Å². The summed E-state index contributed by atoms with van der Waals surface area (Å²) < 4.78 is 10.9. The van der Waals surface area contributed by atoms with E-state index in [1.807, 2.05) is 0 Å². The highest BCUT2D eigenvalue weighted by Crippen LogP contribution is 2.21. The van der Waals surface area contributed by atoms with Crippen LogP contribution in [0.15, 0.2) is 34.8 Å².